The van der Waals surface area contributed by atoms with E-state index in [2.05, 4.69) is 52.9 Å². The molecule has 2 rings (SSSR count). The quantitative estimate of drug-likeness (QED) is 0.770. The van der Waals surface area contributed by atoms with Crippen LogP contribution in [0.3, 0.4) is 0 Å². The molecule has 1 saturated heterocycles. The zero-order valence-corrected chi connectivity index (χ0v) is 12.6. The molecule has 96 valence electrons. The fourth-order valence-corrected chi connectivity index (χ4v) is 3.03. The molecule has 0 spiro atoms. The van der Waals surface area contributed by atoms with Crippen molar-refractivity contribution in [2.75, 3.05) is 11.4 Å². The summed E-state index contributed by atoms with van der Waals surface area (Å²) < 4.78 is 0. The maximum Gasteiger partial charge on any atom is 0.101 e. The minimum Gasteiger partial charge on any atom is -0.367 e. The second-order valence-electron chi connectivity index (χ2n) is 5.15. The molecule has 0 aliphatic carbocycles. The van der Waals surface area contributed by atoms with E-state index in [1.54, 1.807) is 0 Å². The maximum absolute atomic E-state index is 9.33. The van der Waals surface area contributed by atoms with Gasteiger partial charge in [-0.25, -0.2) is 0 Å². The Balaban J connectivity index is 2.35. The van der Waals surface area contributed by atoms with Crippen LogP contribution in [0.1, 0.15) is 37.8 Å². The number of hydrogen-bond donors (Lipinski definition) is 0. The highest BCUT2D eigenvalue weighted by atomic mass is 79.9. The summed E-state index contributed by atoms with van der Waals surface area (Å²) in [4.78, 5) is 2.39. The monoisotopic (exact) mass is 306 g/mol. The van der Waals surface area contributed by atoms with E-state index in [4.69, 9.17) is 0 Å². The van der Waals surface area contributed by atoms with E-state index in [1.165, 1.54) is 12.8 Å². The number of anilines is 1. The summed E-state index contributed by atoms with van der Waals surface area (Å²) in [7, 11) is 0. The highest BCUT2D eigenvalue weighted by Crippen LogP contribution is 2.31. The number of halogens is 1. The molecule has 0 saturated carbocycles. The van der Waals surface area contributed by atoms with Crippen molar-refractivity contribution in [3.05, 3.63) is 29.3 Å². The normalized spacial score (nSPS) is 23.8. The summed E-state index contributed by atoms with van der Waals surface area (Å²) in [5.74, 6) is 0.696. The smallest absolute Gasteiger partial charge is 0.101 e. The Labute approximate surface area is 118 Å². The maximum atomic E-state index is 9.33. The molecule has 3 heteroatoms. The number of alkyl halides is 1. The van der Waals surface area contributed by atoms with Gasteiger partial charge >= 0.3 is 0 Å². The standard InChI is InChI=1S/C15H19BrN2/c1-11-4-3-7-18(12(11)2)15-6-5-13(9-16)8-14(15)10-17/h5-6,8,11-12H,3-4,7,9H2,1-2H3. The average molecular weight is 307 g/mol. The van der Waals surface area contributed by atoms with Crippen molar-refractivity contribution in [3.8, 4) is 6.07 Å². The third-order valence-electron chi connectivity index (χ3n) is 4.02. The predicted molar refractivity (Wildman–Crippen MR) is 79.0 cm³/mol. The molecule has 2 unspecified atom stereocenters. The summed E-state index contributed by atoms with van der Waals surface area (Å²) >= 11 is 3.44. The van der Waals surface area contributed by atoms with Crippen molar-refractivity contribution in [2.45, 2.75) is 38.1 Å². The number of benzene rings is 1. The highest BCUT2D eigenvalue weighted by molar-refractivity contribution is 9.08. The van der Waals surface area contributed by atoms with Crippen LogP contribution >= 0.6 is 15.9 Å². The molecular weight excluding hydrogens is 288 g/mol. The lowest BCUT2D eigenvalue weighted by Gasteiger charge is -2.40. The summed E-state index contributed by atoms with van der Waals surface area (Å²) in [5.41, 5.74) is 3.06. The van der Waals surface area contributed by atoms with E-state index in [9.17, 15) is 5.26 Å². The Morgan fingerprint density at radius 3 is 2.89 bits per heavy atom. The van der Waals surface area contributed by atoms with Crippen molar-refractivity contribution in [1.29, 1.82) is 5.26 Å². The lowest BCUT2D eigenvalue weighted by molar-refractivity contribution is 0.363. The van der Waals surface area contributed by atoms with Crippen LogP contribution < -0.4 is 4.90 Å². The minimum atomic E-state index is 0.515. The van der Waals surface area contributed by atoms with Gasteiger partial charge in [0.25, 0.3) is 0 Å². The van der Waals surface area contributed by atoms with Gasteiger partial charge in [-0.2, -0.15) is 5.26 Å². The Hall–Kier alpha value is -1.01. The lowest BCUT2D eigenvalue weighted by Crippen LogP contribution is -2.42. The molecule has 0 amide bonds. The zero-order chi connectivity index (χ0) is 13.1. The van der Waals surface area contributed by atoms with Gasteiger partial charge in [-0.05, 0) is 43.4 Å². The molecule has 1 aromatic carbocycles. The lowest BCUT2D eigenvalue weighted by atomic mass is 9.91. The molecule has 1 aliphatic heterocycles. The zero-order valence-electron chi connectivity index (χ0n) is 11.0. The number of nitriles is 1. The number of rotatable bonds is 2. The first-order chi connectivity index (χ1) is 8.67. The van der Waals surface area contributed by atoms with Gasteiger partial charge in [0.05, 0.1) is 11.3 Å². The minimum absolute atomic E-state index is 0.515. The molecule has 0 aromatic heterocycles. The van der Waals surface area contributed by atoms with Crippen LogP contribution in [-0.2, 0) is 5.33 Å². The number of hydrogen-bond acceptors (Lipinski definition) is 2. The van der Waals surface area contributed by atoms with Gasteiger partial charge in [0, 0.05) is 17.9 Å². The summed E-state index contributed by atoms with van der Waals surface area (Å²) in [5, 5.41) is 10.1. The SMILES string of the molecule is CC1CCCN(c2ccc(CBr)cc2C#N)C1C. The molecule has 2 atom stereocenters. The van der Waals surface area contributed by atoms with Crippen LogP contribution in [0.2, 0.25) is 0 Å². The second kappa shape index (κ2) is 5.75. The third kappa shape index (κ3) is 2.54. The van der Waals surface area contributed by atoms with E-state index >= 15 is 0 Å². The Morgan fingerprint density at radius 1 is 1.44 bits per heavy atom. The van der Waals surface area contributed by atoms with Crippen LogP contribution in [0.25, 0.3) is 0 Å². The average Bonchev–Trinajstić information content (AvgIpc) is 2.41. The van der Waals surface area contributed by atoms with E-state index in [0.29, 0.717) is 12.0 Å². The second-order valence-corrected chi connectivity index (χ2v) is 5.71. The summed E-state index contributed by atoms with van der Waals surface area (Å²) in [6.45, 7) is 5.63. The van der Waals surface area contributed by atoms with E-state index in [-0.39, 0.29) is 0 Å². The van der Waals surface area contributed by atoms with Gasteiger partial charge in [0.1, 0.15) is 6.07 Å². The largest absolute Gasteiger partial charge is 0.367 e. The van der Waals surface area contributed by atoms with Crippen LogP contribution in [0, 0.1) is 17.2 Å². The number of piperidine rings is 1. The Morgan fingerprint density at radius 2 is 2.22 bits per heavy atom. The third-order valence-corrected chi connectivity index (χ3v) is 4.67. The van der Waals surface area contributed by atoms with Gasteiger partial charge in [-0.3, -0.25) is 0 Å². The molecular formula is C15H19BrN2. The first kappa shape index (κ1) is 13.4. The van der Waals surface area contributed by atoms with Crippen molar-refractivity contribution >= 4 is 21.6 Å². The van der Waals surface area contributed by atoms with Gasteiger partial charge < -0.3 is 4.90 Å². The van der Waals surface area contributed by atoms with Gasteiger partial charge in [-0.1, -0.05) is 28.9 Å². The first-order valence-corrected chi connectivity index (χ1v) is 7.65. The summed E-state index contributed by atoms with van der Waals surface area (Å²) in [6, 6.07) is 9.06. The fraction of sp³-hybridized carbons (Fsp3) is 0.533. The van der Waals surface area contributed by atoms with Crippen LogP contribution in [0.15, 0.2) is 18.2 Å². The van der Waals surface area contributed by atoms with Crippen LogP contribution in [0.4, 0.5) is 5.69 Å². The van der Waals surface area contributed by atoms with Crippen molar-refractivity contribution in [1.82, 2.24) is 0 Å². The van der Waals surface area contributed by atoms with Crippen molar-refractivity contribution in [3.63, 3.8) is 0 Å². The van der Waals surface area contributed by atoms with E-state index in [1.807, 2.05) is 6.07 Å². The molecule has 0 radical (unpaired) electrons. The fourth-order valence-electron chi connectivity index (χ4n) is 2.68. The van der Waals surface area contributed by atoms with E-state index in [0.717, 1.165) is 28.7 Å². The summed E-state index contributed by atoms with van der Waals surface area (Å²) in [6.07, 6.45) is 2.51. The van der Waals surface area contributed by atoms with Crippen molar-refractivity contribution < 1.29 is 0 Å². The highest BCUT2D eigenvalue weighted by Gasteiger charge is 2.26. The molecule has 0 bridgehead atoms. The van der Waals surface area contributed by atoms with Gasteiger partial charge in [0.2, 0.25) is 0 Å². The first-order valence-electron chi connectivity index (χ1n) is 6.53. The number of nitrogens with zero attached hydrogens (tertiary/aromatic N) is 2. The van der Waals surface area contributed by atoms with Crippen molar-refractivity contribution in [2.24, 2.45) is 5.92 Å². The molecule has 1 aromatic rings. The van der Waals surface area contributed by atoms with Crippen LogP contribution in [0.5, 0.6) is 0 Å². The topological polar surface area (TPSA) is 27.0 Å². The molecule has 1 fully saturated rings. The Bertz CT molecular complexity index is 464. The van der Waals surface area contributed by atoms with E-state index < -0.39 is 0 Å². The van der Waals surface area contributed by atoms with Crippen LogP contribution in [-0.4, -0.2) is 12.6 Å². The Kier molecular flexibility index (Phi) is 4.29. The van der Waals surface area contributed by atoms with Gasteiger partial charge in [-0.15, -0.1) is 0 Å². The molecule has 18 heavy (non-hydrogen) atoms. The molecule has 1 heterocycles. The molecule has 1 aliphatic rings. The molecule has 2 nitrogen and oxygen atoms in total. The molecule has 0 N–H and O–H groups in total. The predicted octanol–water partition coefficient (Wildman–Crippen LogP) is 4.08. The van der Waals surface area contributed by atoms with Gasteiger partial charge in [0.15, 0.2) is 0 Å².